The number of nitrogens with zero attached hydrogens (tertiary/aromatic N) is 2. The van der Waals surface area contributed by atoms with Gasteiger partial charge in [0.2, 0.25) is 0 Å². The quantitative estimate of drug-likeness (QED) is 0.716. The Labute approximate surface area is 127 Å². The molecule has 0 radical (unpaired) electrons. The first-order valence-corrected chi connectivity index (χ1v) is 7.79. The first kappa shape index (κ1) is 16.2. The number of hydrogen-bond acceptors (Lipinski definition) is 5. The summed E-state index contributed by atoms with van der Waals surface area (Å²) in [6.45, 7) is 7.58. The second-order valence-corrected chi connectivity index (χ2v) is 5.44. The van der Waals surface area contributed by atoms with Gasteiger partial charge in [-0.3, -0.25) is 9.80 Å². The molecule has 0 aliphatic carbocycles. The largest absolute Gasteiger partial charge is 0.492 e. The Bertz CT molecular complexity index is 389. The van der Waals surface area contributed by atoms with Gasteiger partial charge in [0.05, 0.1) is 6.61 Å². The second-order valence-electron chi connectivity index (χ2n) is 5.44. The van der Waals surface area contributed by atoms with Crippen molar-refractivity contribution in [3.63, 3.8) is 0 Å². The van der Waals surface area contributed by atoms with Crippen molar-refractivity contribution in [1.82, 2.24) is 9.80 Å². The number of rotatable bonds is 8. The predicted octanol–water partition coefficient (Wildman–Crippen LogP) is 0.177. The fourth-order valence-electron chi connectivity index (χ4n) is 2.59. The molecule has 0 amide bonds. The van der Waals surface area contributed by atoms with Gasteiger partial charge < -0.3 is 15.6 Å². The number of benzene rings is 1. The van der Waals surface area contributed by atoms with E-state index < -0.39 is 0 Å². The molecule has 1 aromatic rings. The van der Waals surface area contributed by atoms with E-state index in [-0.39, 0.29) is 6.61 Å². The Morgan fingerprint density at radius 2 is 1.62 bits per heavy atom. The highest BCUT2D eigenvalue weighted by Gasteiger charge is 2.15. The summed E-state index contributed by atoms with van der Waals surface area (Å²) in [5, 5.41) is 8.92. The van der Waals surface area contributed by atoms with Gasteiger partial charge in [-0.05, 0) is 30.7 Å². The summed E-state index contributed by atoms with van der Waals surface area (Å²) in [5.74, 6) is 0.926. The maximum Gasteiger partial charge on any atom is 0.119 e. The molecule has 1 aromatic carbocycles. The molecular weight excluding hydrogens is 266 g/mol. The molecule has 2 rings (SSSR count). The predicted molar refractivity (Wildman–Crippen MR) is 84.7 cm³/mol. The highest BCUT2D eigenvalue weighted by molar-refractivity contribution is 5.27. The van der Waals surface area contributed by atoms with Crippen molar-refractivity contribution < 1.29 is 9.84 Å². The lowest BCUT2D eigenvalue weighted by Gasteiger charge is -2.34. The zero-order chi connectivity index (χ0) is 14.9. The SMILES string of the molecule is NCCc1ccc(OCCN2CCN(CCO)CC2)cc1. The van der Waals surface area contributed by atoms with E-state index in [0.29, 0.717) is 6.54 Å². The van der Waals surface area contributed by atoms with Crippen LogP contribution in [0.4, 0.5) is 0 Å². The zero-order valence-electron chi connectivity index (χ0n) is 12.7. The van der Waals surface area contributed by atoms with E-state index in [1.807, 2.05) is 12.1 Å². The van der Waals surface area contributed by atoms with E-state index >= 15 is 0 Å². The van der Waals surface area contributed by atoms with E-state index in [9.17, 15) is 0 Å². The molecule has 1 aliphatic heterocycles. The second kappa shape index (κ2) is 9.00. The van der Waals surface area contributed by atoms with Crippen molar-refractivity contribution >= 4 is 0 Å². The van der Waals surface area contributed by atoms with Gasteiger partial charge in [0.1, 0.15) is 12.4 Å². The lowest BCUT2D eigenvalue weighted by molar-refractivity contribution is 0.102. The van der Waals surface area contributed by atoms with Gasteiger partial charge >= 0.3 is 0 Å². The molecule has 118 valence electrons. The Hall–Kier alpha value is -1.14. The van der Waals surface area contributed by atoms with Crippen LogP contribution in [0.3, 0.4) is 0 Å². The number of piperazine rings is 1. The third-order valence-corrected chi connectivity index (χ3v) is 3.91. The molecule has 5 nitrogen and oxygen atoms in total. The summed E-state index contributed by atoms with van der Waals surface area (Å²) in [6.07, 6.45) is 0.915. The van der Waals surface area contributed by atoms with Crippen LogP contribution < -0.4 is 10.5 Å². The molecule has 5 heteroatoms. The molecule has 0 spiro atoms. The minimum absolute atomic E-state index is 0.253. The van der Waals surface area contributed by atoms with Crippen molar-refractivity contribution in [3.8, 4) is 5.75 Å². The zero-order valence-corrected chi connectivity index (χ0v) is 12.7. The van der Waals surface area contributed by atoms with Crippen LogP contribution in [0.15, 0.2) is 24.3 Å². The average molecular weight is 293 g/mol. The van der Waals surface area contributed by atoms with E-state index in [0.717, 1.165) is 58.0 Å². The molecule has 0 aromatic heterocycles. The Kier molecular flexibility index (Phi) is 6.95. The fourth-order valence-corrected chi connectivity index (χ4v) is 2.59. The van der Waals surface area contributed by atoms with Crippen LogP contribution >= 0.6 is 0 Å². The molecule has 1 saturated heterocycles. The van der Waals surface area contributed by atoms with Crippen LogP contribution in [0.5, 0.6) is 5.75 Å². The van der Waals surface area contributed by atoms with Gasteiger partial charge in [-0.15, -0.1) is 0 Å². The van der Waals surface area contributed by atoms with Crippen LogP contribution in [-0.4, -0.2) is 73.9 Å². The first-order valence-electron chi connectivity index (χ1n) is 7.79. The minimum atomic E-state index is 0.253. The number of hydrogen-bond donors (Lipinski definition) is 2. The molecular formula is C16H27N3O2. The number of β-amino-alcohol motifs (C(OH)–C–C–N with tert-alkyl or cyclic N) is 1. The van der Waals surface area contributed by atoms with Crippen LogP contribution in [0, 0.1) is 0 Å². The van der Waals surface area contributed by atoms with Crippen molar-refractivity contribution in [3.05, 3.63) is 29.8 Å². The minimum Gasteiger partial charge on any atom is -0.492 e. The molecule has 1 heterocycles. The highest BCUT2D eigenvalue weighted by atomic mass is 16.5. The molecule has 1 aliphatic rings. The highest BCUT2D eigenvalue weighted by Crippen LogP contribution is 2.12. The number of ether oxygens (including phenoxy) is 1. The van der Waals surface area contributed by atoms with E-state index in [4.69, 9.17) is 15.6 Å². The number of nitrogens with two attached hydrogens (primary N) is 1. The van der Waals surface area contributed by atoms with Gasteiger partial charge in [0.15, 0.2) is 0 Å². The van der Waals surface area contributed by atoms with Crippen molar-refractivity contribution in [2.75, 3.05) is 59.0 Å². The summed E-state index contributed by atoms with van der Waals surface area (Å²) in [5.41, 5.74) is 6.79. The Morgan fingerprint density at radius 3 is 2.19 bits per heavy atom. The van der Waals surface area contributed by atoms with Crippen molar-refractivity contribution in [1.29, 1.82) is 0 Å². The lowest BCUT2D eigenvalue weighted by atomic mass is 10.1. The fraction of sp³-hybridized carbons (Fsp3) is 0.625. The van der Waals surface area contributed by atoms with Gasteiger partial charge in [-0.25, -0.2) is 0 Å². The molecule has 1 fully saturated rings. The van der Waals surface area contributed by atoms with Gasteiger partial charge in [-0.2, -0.15) is 0 Å². The summed E-state index contributed by atoms with van der Waals surface area (Å²) in [6, 6.07) is 8.19. The van der Waals surface area contributed by atoms with Crippen LogP contribution in [0.1, 0.15) is 5.56 Å². The standard InChI is InChI=1S/C16H27N3O2/c17-6-5-15-1-3-16(4-2-15)21-14-12-19-9-7-18(8-10-19)11-13-20/h1-4,20H,5-14,17H2. The third kappa shape index (κ3) is 5.63. The van der Waals surface area contributed by atoms with Gasteiger partial charge in [0.25, 0.3) is 0 Å². The lowest BCUT2D eigenvalue weighted by Crippen LogP contribution is -2.48. The maximum atomic E-state index is 8.92. The molecule has 0 unspecified atom stereocenters. The van der Waals surface area contributed by atoms with Crippen LogP contribution in [0.25, 0.3) is 0 Å². The topological polar surface area (TPSA) is 62.0 Å². The van der Waals surface area contributed by atoms with Crippen LogP contribution in [-0.2, 0) is 6.42 Å². The van der Waals surface area contributed by atoms with Gasteiger partial charge in [0, 0.05) is 39.3 Å². The Morgan fingerprint density at radius 1 is 1.00 bits per heavy atom. The smallest absolute Gasteiger partial charge is 0.119 e. The van der Waals surface area contributed by atoms with E-state index in [2.05, 4.69) is 21.9 Å². The molecule has 21 heavy (non-hydrogen) atoms. The third-order valence-electron chi connectivity index (χ3n) is 3.91. The number of aliphatic hydroxyl groups excluding tert-OH is 1. The van der Waals surface area contributed by atoms with E-state index in [1.54, 1.807) is 0 Å². The summed E-state index contributed by atoms with van der Waals surface area (Å²) >= 11 is 0. The van der Waals surface area contributed by atoms with Crippen molar-refractivity contribution in [2.45, 2.75) is 6.42 Å². The van der Waals surface area contributed by atoms with Crippen LogP contribution in [0.2, 0.25) is 0 Å². The van der Waals surface area contributed by atoms with Crippen molar-refractivity contribution in [2.24, 2.45) is 5.73 Å². The molecule has 0 bridgehead atoms. The molecule has 0 atom stereocenters. The summed E-state index contributed by atoms with van der Waals surface area (Å²) in [4.78, 5) is 4.71. The molecule has 3 N–H and O–H groups in total. The Balaban J connectivity index is 1.63. The molecule has 0 saturated carbocycles. The monoisotopic (exact) mass is 293 g/mol. The maximum absolute atomic E-state index is 8.92. The average Bonchev–Trinajstić information content (AvgIpc) is 2.51. The summed E-state index contributed by atoms with van der Waals surface area (Å²) < 4.78 is 5.79. The number of aliphatic hydroxyl groups is 1. The summed E-state index contributed by atoms with van der Waals surface area (Å²) in [7, 11) is 0. The normalized spacial score (nSPS) is 17.0. The van der Waals surface area contributed by atoms with Gasteiger partial charge in [-0.1, -0.05) is 12.1 Å². The van der Waals surface area contributed by atoms with E-state index in [1.165, 1.54) is 5.56 Å². The first-order chi connectivity index (χ1) is 10.3.